The van der Waals surface area contributed by atoms with Gasteiger partial charge in [0.25, 0.3) is 0 Å². The van der Waals surface area contributed by atoms with Crippen LogP contribution < -0.4 is 10.6 Å². The number of carbonyl (C=O) groups is 3. The SMILES string of the molecule is C=C([C@@H](NC(=O)OC)C(C)C)N1CC(C)(C)C[C@H]1c1ncc(-c2ccc(-c3ccc(-c4cnc([C@@H]5CC(C)(C)CN5C(=O)[C@@H](NC(=O)OC)C(C)C)[nH]4)cc3)c3c2CCC32CCCC2)[nH]1. The van der Waals surface area contributed by atoms with Gasteiger partial charge in [0.2, 0.25) is 5.91 Å². The maximum atomic E-state index is 14.0. The Hall–Kier alpha value is -5.59. The van der Waals surface area contributed by atoms with Crippen molar-refractivity contribution in [2.45, 2.75) is 136 Å². The van der Waals surface area contributed by atoms with Crippen molar-refractivity contribution in [3.8, 4) is 33.6 Å². The van der Waals surface area contributed by atoms with Crippen molar-refractivity contribution in [3.05, 3.63) is 83.8 Å². The zero-order chi connectivity index (χ0) is 46.6. The number of nitrogens with one attached hydrogen (secondary N) is 4. The van der Waals surface area contributed by atoms with E-state index < -0.39 is 18.2 Å². The predicted octanol–water partition coefficient (Wildman–Crippen LogP) is 10.2. The Morgan fingerprint density at radius 2 is 1.22 bits per heavy atom. The molecule has 2 aromatic carbocycles. The molecule has 2 saturated heterocycles. The number of benzene rings is 2. The molecular weight excluding hydrogens is 817 g/mol. The average Bonchev–Trinajstić information content (AvgIpc) is 4.15. The summed E-state index contributed by atoms with van der Waals surface area (Å²) in [7, 11) is 2.70. The number of likely N-dealkylation sites (tertiary alicyclic amines) is 2. The Kier molecular flexibility index (Phi) is 12.5. The van der Waals surface area contributed by atoms with Gasteiger partial charge in [-0.15, -0.1) is 0 Å². The number of aromatic amines is 2. The zero-order valence-electron chi connectivity index (χ0n) is 40.2. The summed E-state index contributed by atoms with van der Waals surface area (Å²) in [6.45, 7) is 22.8. The van der Waals surface area contributed by atoms with Gasteiger partial charge in [0.15, 0.2) is 0 Å². The summed E-state index contributed by atoms with van der Waals surface area (Å²) in [4.78, 5) is 60.1. The van der Waals surface area contributed by atoms with Crippen LogP contribution in [0.5, 0.6) is 0 Å². The first kappa shape index (κ1) is 46.0. The number of hydrogen-bond acceptors (Lipinski definition) is 8. The number of ether oxygens (including phenoxy) is 2. The number of amides is 3. The van der Waals surface area contributed by atoms with Crippen LogP contribution in [0.2, 0.25) is 0 Å². The Labute approximate surface area is 384 Å². The standard InChI is InChI=1S/C52H70N8O5/c1-30(2)43(57-48(62)64-10)32(5)59-28-50(6,7)24-40(59)45-54-27-39(56-45)36-19-18-35(42-37(36)20-23-52(42)21-12-13-22-52)33-14-16-34(17-15-33)38-26-53-46(55-38)41-25-51(8,9)29-60(41)47(61)44(31(3)4)58-49(63)65-11/h14-19,26-27,30-31,40-41,43-44H,5,12-13,20-25,28-29H2,1-4,6-11H3,(H,53,55)(H,54,56)(H,57,62)(H,58,63)/t40-,41-,43-,44-/m0/s1. The Balaban J connectivity index is 1.07. The number of fused-ring (bicyclic) bond motifs is 2. The summed E-state index contributed by atoms with van der Waals surface area (Å²) in [5, 5.41) is 5.78. The smallest absolute Gasteiger partial charge is 0.407 e. The normalized spacial score (nSPS) is 21.5. The van der Waals surface area contributed by atoms with E-state index in [2.05, 4.69) is 110 Å². The molecule has 2 aliphatic heterocycles. The first-order chi connectivity index (χ1) is 30.8. The van der Waals surface area contributed by atoms with Crippen molar-refractivity contribution in [2.24, 2.45) is 22.7 Å². The van der Waals surface area contributed by atoms with Gasteiger partial charge in [-0.2, -0.15) is 0 Å². The first-order valence-electron chi connectivity index (χ1n) is 23.7. The summed E-state index contributed by atoms with van der Waals surface area (Å²) in [6.07, 6.45) is 11.6. The molecule has 13 heteroatoms. The van der Waals surface area contributed by atoms with E-state index in [1.807, 2.05) is 31.1 Å². The number of H-pyrrole nitrogens is 2. The van der Waals surface area contributed by atoms with Crippen LogP contribution in [-0.4, -0.2) is 87.2 Å². The molecule has 4 atom stereocenters. The molecule has 3 amide bonds. The van der Waals surface area contributed by atoms with Gasteiger partial charge < -0.3 is 39.9 Å². The minimum absolute atomic E-state index is 0.0103. The molecule has 0 radical (unpaired) electrons. The van der Waals surface area contributed by atoms with Gasteiger partial charge in [-0.25, -0.2) is 19.6 Å². The molecule has 4 aliphatic rings. The number of hydrogen-bond donors (Lipinski definition) is 4. The zero-order valence-corrected chi connectivity index (χ0v) is 40.2. The molecule has 4 aromatic rings. The molecule has 4 heterocycles. The maximum Gasteiger partial charge on any atom is 0.407 e. The molecule has 13 nitrogen and oxygen atoms in total. The van der Waals surface area contributed by atoms with Crippen molar-refractivity contribution >= 4 is 18.1 Å². The minimum Gasteiger partial charge on any atom is -0.453 e. The fraction of sp³-hybridized carbons (Fsp3) is 0.558. The third-order valence-corrected chi connectivity index (χ3v) is 14.8. The van der Waals surface area contributed by atoms with Crippen LogP contribution in [0.15, 0.2) is 61.1 Å². The Morgan fingerprint density at radius 3 is 1.80 bits per heavy atom. The second kappa shape index (κ2) is 17.7. The molecule has 65 heavy (non-hydrogen) atoms. The van der Waals surface area contributed by atoms with E-state index in [1.54, 1.807) is 0 Å². The molecule has 1 spiro atoms. The summed E-state index contributed by atoms with van der Waals surface area (Å²) in [5.41, 5.74) is 10.6. The third kappa shape index (κ3) is 8.91. The topological polar surface area (TPSA) is 158 Å². The molecule has 0 unspecified atom stereocenters. The van der Waals surface area contributed by atoms with Crippen LogP contribution in [-0.2, 0) is 26.1 Å². The highest BCUT2D eigenvalue weighted by Crippen LogP contribution is 2.55. The molecule has 2 aromatic heterocycles. The number of aromatic nitrogens is 4. The van der Waals surface area contributed by atoms with Crippen molar-refractivity contribution in [1.82, 2.24) is 40.4 Å². The monoisotopic (exact) mass is 887 g/mol. The fourth-order valence-electron chi connectivity index (χ4n) is 11.6. The minimum atomic E-state index is -0.708. The summed E-state index contributed by atoms with van der Waals surface area (Å²) < 4.78 is 9.83. The van der Waals surface area contributed by atoms with Crippen molar-refractivity contribution in [3.63, 3.8) is 0 Å². The van der Waals surface area contributed by atoms with Crippen LogP contribution in [0.25, 0.3) is 33.6 Å². The summed E-state index contributed by atoms with van der Waals surface area (Å²) in [6, 6.07) is 12.2. The Bertz CT molecular complexity index is 2420. The van der Waals surface area contributed by atoms with E-state index >= 15 is 0 Å². The lowest BCUT2D eigenvalue weighted by Gasteiger charge is -2.34. The summed E-state index contributed by atoms with van der Waals surface area (Å²) >= 11 is 0. The first-order valence-corrected chi connectivity index (χ1v) is 23.7. The van der Waals surface area contributed by atoms with Crippen molar-refractivity contribution in [1.29, 1.82) is 0 Å². The highest BCUT2D eigenvalue weighted by Gasteiger charge is 2.47. The molecule has 3 fully saturated rings. The third-order valence-electron chi connectivity index (χ3n) is 14.8. The lowest BCUT2D eigenvalue weighted by atomic mass is 9.76. The van der Waals surface area contributed by atoms with Gasteiger partial charge in [0.05, 0.1) is 56.1 Å². The van der Waals surface area contributed by atoms with E-state index in [4.69, 9.17) is 19.4 Å². The van der Waals surface area contributed by atoms with E-state index in [0.29, 0.717) is 6.54 Å². The van der Waals surface area contributed by atoms with Crippen LogP contribution in [0, 0.1) is 22.7 Å². The van der Waals surface area contributed by atoms with E-state index in [0.717, 1.165) is 66.5 Å². The number of nitrogens with zero attached hydrogens (tertiary/aromatic N) is 4. The molecular formula is C52H70N8O5. The van der Waals surface area contributed by atoms with Gasteiger partial charge in [-0.1, -0.05) is 111 Å². The lowest BCUT2D eigenvalue weighted by Crippen LogP contribution is -2.51. The molecule has 4 N–H and O–H groups in total. The van der Waals surface area contributed by atoms with E-state index in [1.165, 1.54) is 67.7 Å². The van der Waals surface area contributed by atoms with Gasteiger partial charge in [-0.3, -0.25) is 4.79 Å². The van der Waals surface area contributed by atoms with Gasteiger partial charge in [0, 0.05) is 24.4 Å². The average molecular weight is 887 g/mol. The predicted molar refractivity (Wildman–Crippen MR) is 254 cm³/mol. The number of rotatable bonds is 12. The fourth-order valence-corrected chi connectivity index (χ4v) is 11.6. The van der Waals surface area contributed by atoms with Crippen molar-refractivity contribution < 1.29 is 23.9 Å². The second-order valence-corrected chi connectivity index (χ2v) is 21.5. The highest BCUT2D eigenvalue weighted by molar-refractivity contribution is 5.86. The number of imidazole rings is 2. The van der Waals surface area contributed by atoms with Crippen molar-refractivity contribution in [2.75, 3.05) is 27.3 Å². The number of methoxy groups -OCH3 is 2. The van der Waals surface area contributed by atoms with Gasteiger partial charge >= 0.3 is 12.2 Å². The highest BCUT2D eigenvalue weighted by atomic mass is 16.5. The van der Waals surface area contributed by atoms with Crippen LogP contribution in [0.3, 0.4) is 0 Å². The molecule has 348 valence electrons. The Morgan fingerprint density at radius 1 is 0.708 bits per heavy atom. The second-order valence-electron chi connectivity index (χ2n) is 21.5. The quantitative estimate of drug-likeness (QED) is 0.110. The van der Waals surface area contributed by atoms with Crippen LogP contribution >= 0.6 is 0 Å². The maximum absolute atomic E-state index is 14.0. The molecule has 1 saturated carbocycles. The van der Waals surface area contributed by atoms with Gasteiger partial charge in [-0.05, 0) is 94.4 Å². The largest absolute Gasteiger partial charge is 0.453 e. The molecule has 0 bridgehead atoms. The summed E-state index contributed by atoms with van der Waals surface area (Å²) in [5.74, 6) is 1.53. The molecule has 2 aliphatic carbocycles. The van der Waals surface area contributed by atoms with Gasteiger partial charge in [0.1, 0.15) is 17.7 Å². The van der Waals surface area contributed by atoms with Crippen LogP contribution in [0.1, 0.15) is 135 Å². The molecule has 8 rings (SSSR count). The lowest BCUT2D eigenvalue weighted by molar-refractivity contribution is -0.135. The van der Waals surface area contributed by atoms with Crippen LogP contribution in [0.4, 0.5) is 9.59 Å². The van der Waals surface area contributed by atoms with E-state index in [9.17, 15) is 14.4 Å². The van der Waals surface area contributed by atoms with E-state index in [-0.39, 0.29) is 52.1 Å². The number of carbonyl (C=O) groups excluding carboxylic acids is 3. The number of alkyl carbamates (subject to hydrolysis) is 2.